The molecule has 42 heavy (non-hydrogen) atoms. The highest BCUT2D eigenvalue weighted by Gasteiger charge is 2.36. The third-order valence-corrected chi connectivity index (χ3v) is 7.87. The summed E-state index contributed by atoms with van der Waals surface area (Å²) in [5.41, 5.74) is 2.48. The van der Waals surface area contributed by atoms with Gasteiger partial charge in [-0.1, -0.05) is 59.9 Å². The van der Waals surface area contributed by atoms with Crippen LogP contribution >= 0.6 is 11.3 Å². The molecule has 0 radical (unpaired) electrons. The Morgan fingerprint density at radius 3 is 2.62 bits per heavy atom. The van der Waals surface area contributed by atoms with Crippen LogP contribution in [0.5, 0.6) is 23.0 Å². The molecule has 0 spiro atoms. The molecule has 0 saturated heterocycles. The second kappa shape index (κ2) is 11.6. The van der Waals surface area contributed by atoms with Gasteiger partial charge >= 0.3 is 5.97 Å². The van der Waals surface area contributed by atoms with Crippen molar-refractivity contribution in [2.45, 2.75) is 19.9 Å². The molecule has 0 saturated carbocycles. The molecule has 2 aliphatic heterocycles. The second-order valence-electron chi connectivity index (χ2n) is 9.36. The largest absolute Gasteiger partial charge is 0.493 e. The third-order valence-electron chi connectivity index (χ3n) is 6.89. The van der Waals surface area contributed by atoms with E-state index in [1.54, 1.807) is 42.9 Å². The van der Waals surface area contributed by atoms with E-state index in [-0.39, 0.29) is 24.5 Å². The fourth-order valence-corrected chi connectivity index (χ4v) is 6.08. The zero-order valence-corrected chi connectivity index (χ0v) is 24.1. The van der Waals surface area contributed by atoms with Gasteiger partial charge in [0.2, 0.25) is 6.79 Å². The van der Waals surface area contributed by atoms with E-state index < -0.39 is 12.0 Å². The minimum absolute atomic E-state index is 0.0973. The van der Waals surface area contributed by atoms with Crippen LogP contribution in [0.15, 0.2) is 82.1 Å². The Morgan fingerprint density at radius 2 is 1.86 bits per heavy atom. The summed E-state index contributed by atoms with van der Waals surface area (Å²) in [6.07, 6.45) is 1.77. The average molecular weight is 585 g/mol. The molecule has 0 fully saturated rings. The molecule has 10 heteroatoms. The Morgan fingerprint density at radius 1 is 1.05 bits per heavy atom. The summed E-state index contributed by atoms with van der Waals surface area (Å²) < 4.78 is 30.1. The first-order valence-electron chi connectivity index (χ1n) is 13.5. The maximum atomic E-state index is 14.2. The molecule has 0 aliphatic carbocycles. The quantitative estimate of drug-likeness (QED) is 0.288. The number of fused-ring (bicyclic) bond motifs is 2. The maximum Gasteiger partial charge on any atom is 0.338 e. The van der Waals surface area contributed by atoms with E-state index in [0.717, 1.165) is 5.56 Å². The van der Waals surface area contributed by atoms with Crippen molar-refractivity contribution in [2.75, 3.05) is 27.1 Å². The lowest BCUT2D eigenvalue weighted by Crippen LogP contribution is -2.40. The third kappa shape index (κ3) is 4.83. The molecule has 214 valence electrons. The predicted molar refractivity (Wildman–Crippen MR) is 158 cm³/mol. The van der Waals surface area contributed by atoms with Crippen molar-refractivity contribution in [3.05, 3.63) is 109 Å². The van der Waals surface area contributed by atoms with Crippen molar-refractivity contribution in [3.8, 4) is 23.0 Å². The number of nitrogens with zero attached hydrogens (tertiary/aromatic N) is 2. The summed E-state index contributed by atoms with van der Waals surface area (Å²) >= 11 is 1.24. The van der Waals surface area contributed by atoms with Gasteiger partial charge in [-0.2, -0.15) is 0 Å². The minimum atomic E-state index is -0.830. The molecule has 1 aromatic heterocycles. The number of esters is 1. The van der Waals surface area contributed by atoms with Crippen molar-refractivity contribution in [2.24, 2.45) is 4.99 Å². The smallest absolute Gasteiger partial charge is 0.338 e. The van der Waals surface area contributed by atoms with Gasteiger partial charge in [-0.3, -0.25) is 9.36 Å². The van der Waals surface area contributed by atoms with E-state index in [4.69, 9.17) is 28.7 Å². The van der Waals surface area contributed by atoms with Crippen LogP contribution in [0.4, 0.5) is 0 Å². The number of carbonyl (C=O) groups excluding carboxylic acids is 1. The fraction of sp³-hybridized carbons (Fsp3) is 0.219. The number of hydrogen-bond acceptors (Lipinski definition) is 9. The molecular weight excluding hydrogens is 556 g/mol. The number of ether oxygens (including phenoxy) is 5. The lowest BCUT2D eigenvalue weighted by molar-refractivity contribution is -0.138. The molecule has 1 atom stereocenters. The highest BCUT2D eigenvalue weighted by molar-refractivity contribution is 7.07. The number of benzene rings is 3. The van der Waals surface area contributed by atoms with Crippen molar-refractivity contribution in [1.29, 1.82) is 0 Å². The number of aromatic nitrogens is 1. The number of para-hydroxylation sites is 1. The topological polar surface area (TPSA) is 97.6 Å². The second-order valence-corrected chi connectivity index (χ2v) is 10.4. The summed E-state index contributed by atoms with van der Waals surface area (Å²) in [7, 11) is 1.57. The zero-order chi connectivity index (χ0) is 29.2. The minimum Gasteiger partial charge on any atom is -0.493 e. The molecular formula is C32H28N2O7S. The van der Waals surface area contributed by atoms with Crippen LogP contribution in [-0.4, -0.2) is 37.7 Å². The van der Waals surface area contributed by atoms with Gasteiger partial charge in [0.05, 0.1) is 42.2 Å². The van der Waals surface area contributed by atoms with Gasteiger partial charge in [-0.25, -0.2) is 9.79 Å². The molecule has 0 N–H and O–H groups in total. The number of hydrogen-bond donors (Lipinski definition) is 0. The van der Waals surface area contributed by atoms with Crippen molar-refractivity contribution >= 4 is 29.1 Å². The van der Waals surface area contributed by atoms with Gasteiger partial charge in [-0.05, 0) is 43.7 Å². The van der Waals surface area contributed by atoms with E-state index >= 15 is 0 Å². The van der Waals surface area contributed by atoms with Gasteiger partial charge in [0, 0.05) is 11.1 Å². The van der Waals surface area contributed by atoms with E-state index in [1.165, 1.54) is 11.3 Å². The van der Waals surface area contributed by atoms with Gasteiger partial charge < -0.3 is 23.7 Å². The SMILES string of the molecule is CCOC(=O)C1=C(c2ccccc2)N=c2s/c(=C\c3cccc(OC)c3OCC)c(=O)n2[C@@H]1c1ccc2c(c1)OCO2. The molecule has 4 aromatic rings. The first-order chi connectivity index (χ1) is 20.5. The van der Waals surface area contributed by atoms with E-state index in [0.29, 0.717) is 55.8 Å². The lowest BCUT2D eigenvalue weighted by Gasteiger charge is -2.26. The fourth-order valence-electron chi connectivity index (χ4n) is 5.09. The zero-order valence-electron chi connectivity index (χ0n) is 23.3. The summed E-state index contributed by atoms with van der Waals surface area (Å²) in [5.74, 6) is 1.68. The number of methoxy groups -OCH3 is 1. The lowest BCUT2D eigenvalue weighted by atomic mass is 9.93. The van der Waals surface area contributed by atoms with Gasteiger partial charge in [0.25, 0.3) is 5.56 Å². The highest BCUT2D eigenvalue weighted by atomic mass is 32.1. The van der Waals surface area contributed by atoms with Crippen LogP contribution in [0.1, 0.15) is 36.6 Å². The molecule has 9 nitrogen and oxygen atoms in total. The number of rotatable bonds is 8. The van der Waals surface area contributed by atoms with Gasteiger partial charge in [0.1, 0.15) is 0 Å². The van der Waals surface area contributed by atoms with Gasteiger partial charge in [0.15, 0.2) is 27.8 Å². The monoisotopic (exact) mass is 584 g/mol. The predicted octanol–water partition coefficient (Wildman–Crippen LogP) is 4.07. The van der Waals surface area contributed by atoms with Crippen LogP contribution in [0.3, 0.4) is 0 Å². The average Bonchev–Trinajstić information content (AvgIpc) is 3.61. The molecule has 6 rings (SSSR count). The van der Waals surface area contributed by atoms with Crippen LogP contribution in [-0.2, 0) is 9.53 Å². The Bertz CT molecular complexity index is 1870. The van der Waals surface area contributed by atoms with Crippen LogP contribution in [0, 0.1) is 0 Å². The Hall–Kier alpha value is -4.83. The Labute approximate surface area is 245 Å². The summed E-state index contributed by atoms with van der Waals surface area (Å²) in [6.45, 7) is 4.32. The summed E-state index contributed by atoms with van der Waals surface area (Å²) in [6, 6.07) is 19.5. The van der Waals surface area contributed by atoms with E-state index in [1.807, 2.05) is 55.5 Å². The van der Waals surface area contributed by atoms with Crippen LogP contribution < -0.4 is 33.8 Å². The molecule has 0 unspecified atom stereocenters. The van der Waals surface area contributed by atoms with Crippen molar-refractivity contribution in [1.82, 2.24) is 4.57 Å². The van der Waals surface area contributed by atoms with Crippen LogP contribution in [0.25, 0.3) is 11.8 Å². The highest BCUT2D eigenvalue weighted by Crippen LogP contribution is 2.40. The summed E-state index contributed by atoms with van der Waals surface area (Å²) in [5, 5.41) is 0. The molecule has 2 aliphatic rings. The maximum absolute atomic E-state index is 14.2. The summed E-state index contributed by atoms with van der Waals surface area (Å²) in [4.78, 5) is 33.2. The van der Waals surface area contributed by atoms with Crippen molar-refractivity contribution < 1.29 is 28.5 Å². The van der Waals surface area contributed by atoms with Gasteiger partial charge in [-0.15, -0.1) is 0 Å². The van der Waals surface area contributed by atoms with E-state index in [2.05, 4.69) is 0 Å². The van der Waals surface area contributed by atoms with E-state index in [9.17, 15) is 9.59 Å². The first kappa shape index (κ1) is 27.3. The number of thiazole rings is 1. The molecule has 3 heterocycles. The molecule has 0 bridgehead atoms. The standard InChI is InChI=1S/C32H28N2O7S/c1-4-38-29-21(12-9-13-23(29)37-3)17-25-30(35)34-28(20-14-15-22-24(16-20)41-18-40-22)26(31(36)39-5-2)27(33-32(34)42-25)19-10-7-6-8-11-19/h6-17,28H,4-5,18H2,1-3H3/b25-17-/t28-/m1/s1. The molecule has 0 amide bonds. The van der Waals surface area contributed by atoms with Crippen molar-refractivity contribution in [3.63, 3.8) is 0 Å². The van der Waals surface area contributed by atoms with Crippen LogP contribution in [0.2, 0.25) is 0 Å². The Balaban J connectivity index is 1.64. The Kier molecular flexibility index (Phi) is 7.54. The molecule has 3 aromatic carbocycles. The number of carbonyl (C=O) groups is 1. The normalized spacial score (nSPS) is 15.7. The first-order valence-corrected chi connectivity index (χ1v) is 14.3.